The highest BCUT2D eigenvalue weighted by molar-refractivity contribution is 6.39. The third-order valence-corrected chi connectivity index (χ3v) is 4.52. The van der Waals surface area contributed by atoms with E-state index in [1.54, 1.807) is 18.2 Å². The van der Waals surface area contributed by atoms with Gasteiger partial charge in [-0.05, 0) is 35.9 Å². The van der Waals surface area contributed by atoms with E-state index in [0.717, 1.165) is 4.90 Å². The van der Waals surface area contributed by atoms with Crippen LogP contribution in [0.15, 0.2) is 42.0 Å². The summed E-state index contributed by atoms with van der Waals surface area (Å²) in [6, 6.07) is 10.2. The second-order valence-corrected chi connectivity index (χ2v) is 6.35. The van der Waals surface area contributed by atoms with E-state index >= 15 is 0 Å². The third-order valence-electron chi connectivity index (χ3n) is 4.52. The molecule has 0 radical (unpaired) electrons. The molecule has 0 saturated carbocycles. The number of imide groups is 2. The molecule has 1 saturated heterocycles. The number of anilines is 1. The molecule has 4 amide bonds. The van der Waals surface area contributed by atoms with E-state index in [-0.39, 0.29) is 23.6 Å². The lowest BCUT2D eigenvalue weighted by Crippen LogP contribution is -2.54. The van der Waals surface area contributed by atoms with E-state index in [1.807, 2.05) is 6.07 Å². The number of amides is 4. The van der Waals surface area contributed by atoms with Gasteiger partial charge in [-0.2, -0.15) is 5.26 Å². The first-order valence-corrected chi connectivity index (χ1v) is 9.24. The number of urea groups is 1. The number of ether oxygens (including phenoxy) is 4. The van der Waals surface area contributed by atoms with Gasteiger partial charge in [-0.15, -0.1) is 0 Å². The number of rotatable bonds is 7. The van der Waals surface area contributed by atoms with Gasteiger partial charge in [-0.1, -0.05) is 6.07 Å². The number of carbonyl (C=O) groups is 3. The van der Waals surface area contributed by atoms with Crippen LogP contribution in [0.1, 0.15) is 5.56 Å². The summed E-state index contributed by atoms with van der Waals surface area (Å²) in [5.41, 5.74) is 0.322. The Morgan fingerprint density at radius 3 is 2.38 bits per heavy atom. The van der Waals surface area contributed by atoms with Crippen LogP contribution in [0.3, 0.4) is 0 Å². The minimum absolute atomic E-state index is 0.145. The molecule has 1 aliphatic heterocycles. The molecule has 32 heavy (non-hydrogen) atoms. The number of benzene rings is 2. The molecule has 0 bridgehead atoms. The smallest absolute Gasteiger partial charge is 0.336 e. The molecule has 10 nitrogen and oxygen atoms in total. The fourth-order valence-electron chi connectivity index (χ4n) is 3.02. The van der Waals surface area contributed by atoms with E-state index < -0.39 is 17.8 Å². The highest BCUT2D eigenvalue weighted by atomic mass is 16.5. The zero-order valence-corrected chi connectivity index (χ0v) is 17.5. The SMILES string of the molecule is COc1ccc(N2C(=O)NC(=O)/C(=C\c3ccc(OCC#N)c(OC)c3)C2=O)c(OC)c1. The number of carbonyl (C=O) groups excluding carboxylic acids is 3. The van der Waals surface area contributed by atoms with Crippen molar-refractivity contribution in [3.63, 3.8) is 0 Å². The number of nitrogens with zero attached hydrogens (tertiary/aromatic N) is 2. The van der Waals surface area contributed by atoms with Crippen molar-refractivity contribution in [3.05, 3.63) is 47.5 Å². The summed E-state index contributed by atoms with van der Waals surface area (Å²) in [7, 11) is 4.27. The Morgan fingerprint density at radius 2 is 1.72 bits per heavy atom. The average Bonchev–Trinajstić information content (AvgIpc) is 2.80. The number of hydrogen-bond donors (Lipinski definition) is 1. The van der Waals surface area contributed by atoms with Gasteiger partial charge in [0.1, 0.15) is 23.1 Å². The monoisotopic (exact) mass is 437 g/mol. The van der Waals surface area contributed by atoms with E-state index in [0.29, 0.717) is 22.8 Å². The minimum Gasteiger partial charge on any atom is -0.497 e. The Hall–Kier alpha value is -4.52. The minimum atomic E-state index is -0.904. The largest absolute Gasteiger partial charge is 0.497 e. The summed E-state index contributed by atoms with van der Waals surface area (Å²) in [5, 5.41) is 10.8. The lowest BCUT2D eigenvalue weighted by atomic mass is 10.1. The van der Waals surface area contributed by atoms with Gasteiger partial charge in [0.2, 0.25) is 0 Å². The van der Waals surface area contributed by atoms with Gasteiger partial charge in [0.25, 0.3) is 11.8 Å². The standard InChI is InChI=1S/C22H19N3O7/c1-29-14-5-6-16(18(12-14)30-2)25-21(27)15(20(26)24-22(25)28)10-13-4-7-17(32-9-8-23)19(11-13)31-3/h4-7,10-12H,9H2,1-3H3,(H,24,26,28)/b15-10+. The van der Waals surface area contributed by atoms with E-state index in [9.17, 15) is 14.4 Å². The van der Waals surface area contributed by atoms with Crippen molar-refractivity contribution in [3.8, 4) is 29.1 Å². The van der Waals surface area contributed by atoms with Crippen LogP contribution in [0, 0.1) is 11.3 Å². The van der Waals surface area contributed by atoms with Crippen molar-refractivity contribution in [1.82, 2.24) is 5.32 Å². The zero-order chi connectivity index (χ0) is 23.3. The molecule has 1 fully saturated rings. The van der Waals surface area contributed by atoms with Crippen molar-refractivity contribution < 1.29 is 33.3 Å². The van der Waals surface area contributed by atoms with E-state index in [2.05, 4.69) is 5.32 Å². The Morgan fingerprint density at radius 1 is 0.969 bits per heavy atom. The molecule has 0 aromatic heterocycles. The van der Waals surface area contributed by atoms with Crippen molar-refractivity contribution in [2.45, 2.75) is 0 Å². The Kier molecular flexibility index (Phi) is 6.60. The molecule has 1 heterocycles. The van der Waals surface area contributed by atoms with Crippen LogP contribution in [0.4, 0.5) is 10.5 Å². The number of hydrogen-bond acceptors (Lipinski definition) is 8. The molecule has 2 aromatic rings. The maximum Gasteiger partial charge on any atom is 0.336 e. The summed E-state index contributed by atoms with van der Waals surface area (Å²) in [5.74, 6) is -0.354. The molecular formula is C22H19N3O7. The number of nitrogens with one attached hydrogen (secondary N) is 1. The first kappa shape index (κ1) is 22.2. The van der Waals surface area contributed by atoms with Crippen LogP contribution in [0.25, 0.3) is 6.08 Å². The fourth-order valence-corrected chi connectivity index (χ4v) is 3.02. The van der Waals surface area contributed by atoms with Gasteiger partial charge in [0, 0.05) is 6.07 Å². The summed E-state index contributed by atoms with van der Waals surface area (Å²) in [6.07, 6.45) is 1.32. The lowest BCUT2D eigenvalue weighted by Gasteiger charge is -2.27. The molecule has 2 aromatic carbocycles. The maximum atomic E-state index is 13.1. The predicted molar refractivity (Wildman–Crippen MR) is 113 cm³/mol. The maximum absolute atomic E-state index is 13.1. The van der Waals surface area contributed by atoms with Crippen LogP contribution in [0.2, 0.25) is 0 Å². The summed E-state index contributed by atoms with van der Waals surface area (Å²) in [4.78, 5) is 38.8. The van der Waals surface area contributed by atoms with Crippen LogP contribution in [-0.4, -0.2) is 45.8 Å². The van der Waals surface area contributed by atoms with Crippen molar-refractivity contribution in [1.29, 1.82) is 5.26 Å². The molecule has 3 rings (SSSR count). The summed E-state index contributed by atoms with van der Waals surface area (Å²) < 4.78 is 20.9. The molecule has 0 atom stereocenters. The van der Waals surface area contributed by atoms with E-state index in [1.165, 1.54) is 45.6 Å². The van der Waals surface area contributed by atoms with Gasteiger partial charge < -0.3 is 18.9 Å². The Bertz CT molecular complexity index is 1150. The molecule has 0 spiro atoms. The van der Waals surface area contributed by atoms with Crippen LogP contribution in [0.5, 0.6) is 23.0 Å². The highest BCUT2D eigenvalue weighted by Gasteiger charge is 2.38. The molecule has 1 N–H and O–H groups in total. The number of methoxy groups -OCH3 is 3. The normalized spacial score (nSPS) is 14.6. The number of nitriles is 1. The van der Waals surface area contributed by atoms with Gasteiger partial charge in [0.05, 0.1) is 27.0 Å². The van der Waals surface area contributed by atoms with Crippen molar-refractivity contribution in [2.24, 2.45) is 0 Å². The Balaban J connectivity index is 2.00. The fraction of sp³-hybridized carbons (Fsp3) is 0.182. The number of barbiturate groups is 1. The lowest BCUT2D eigenvalue weighted by molar-refractivity contribution is -0.122. The topological polar surface area (TPSA) is 127 Å². The van der Waals surface area contributed by atoms with Gasteiger partial charge >= 0.3 is 6.03 Å². The van der Waals surface area contributed by atoms with E-state index in [4.69, 9.17) is 24.2 Å². The van der Waals surface area contributed by atoms with Gasteiger partial charge in [-0.3, -0.25) is 14.9 Å². The van der Waals surface area contributed by atoms with Crippen LogP contribution in [-0.2, 0) is 9.59 Å². The zero-order valence-electron chi connectivity index (χ0n) is 17.5. The summed E-state index contributed by atoms with van der Waals surface area (Å²) in [6.45, 7) is -0.168. The predicted octanol–water partition coefficient (Wildman–Crippen LogP) is 2.28. The second-order valence-electron chi connectivity index (χ2n) is 6.35. The average molecular weight is 437 g/mol. The second kappa shape index (κ2) is 9.53. The Labute approximate surface area is 183 Å². The van der Waals surface area contributed by atoms with Gasteiger partial charge in [0.15, 0.2) is 18.1 Å². The first-order chi connectivity index (χ1) is 15.4. The van der Waals surface area contributed by atoms with Gasteiger partial charge in [-0.25, -0.2) is 9.69 Å². The quantitative estimate of drug-likeness (QED) is 0.516. The molecule has 0 aliphatic carbocycles. The van der Waals surface area contributed by atoms with Crippen molar-refractivity contribution in [2.75, 3.05) is 32.8 Å². The molecule has 1 aliphatic rings. The van der Waals surface area contributed by atoms with Crippen LogP contribution < -0.4 is 29.2 Å². The highest BCUT2D eigenvalue weighted by Crippen LogP contribution is 2.35. The summed E-state index contributed by atoms with van der Waals surface area (Å²) >= 11 is 0. The third kappa shape index (κ3) is 4.32. The molecule has 164 valence electrons. The first-order valence-electron chi connectivity index (χ1n) is 9.24. The molecule has 10 heteroatoms. The molecular weight excluding hydrogens is 418 g/mol. The van der Waals surface area contributed by atoms with Crippen LogP contribution >= 0.6 is 0 Å². The molecule has 0 unspecified atom stereocenters. The van der Waals surface area contributed by atoms with Crippen molar-refractivity contribution >= 4 is 29.6 Å².